The highest BCUT2D eigenvalue weighted by molar-refractivity contribution is 5.92. The Morgan fingerprint density at radius 3 is 2.82 bits per heavy atom. The summed E-state index contributed by atoms with van der Waals surface area (Å²) >= 11 is 0. The Morgan fingerprint density at radius 1 is 1.23 bits per heavy atom. The van der Waals surface area contributed by atoms with E-state index in [1.807, 2.05) is 18.2 Å². The first-order valence-corrected chi connectivity index (χ1v) is 7.50. The van der Waals surface area contributed by atoms with Crippen molar-refractivity contribution >= 4 is 11.7 Å². The molecule has 22 heavy (non-hydrogen) atoms. The van der Waals surface area contributed by atoms with Gasteiger partial charge < -0.3 is 15.5 Å². The zero-order chi connectivity index (χ0) is 15.4. The van der Waals surface area contributed by atoms with Crippen LogP contribution in [-0.4, -0.2) is 37.6 Å². The summed E-state index contributed by atoms with van der Waals surface area (Å²) in [5, 5.41) is 6.15. The van der Waals surface area contributed by atoms with E-state index in [-0.39, 0.29) is 11.9 Å². The van der Waals surface area contributed by atoms with Gasteiger partial charge in [0.15, 0.2) is 0 Å². The number of anilines is 1. The molecule has 1 fully saturated rings. The van der Waals surface area contributed by atoms with Crippen molar-refractivity contribution in [3.05, 3.63) is 59.8 Å². The van der Waals surface area contributed by atoms with Crippen LogP contribution in [0.1, 0.15) is 22.1 Å². The second-order valence-corrected chi connectivity index (χ2v) is 5.32. The fraction of sp³-hybridized carbons (Fsp3) is 0.294. The van der Waals surface area contributed by atoms with E-state index in [0.717, 1.165) is 25.5 Å². The molecule has 1 amide bonds. The number of amides is 1. The Hall–Kier alpha value is -2.40. The van der Waals surface area contributed by atoms with Crippen molar-refractivity contribution in [2.75, 3.05) is 31.6 Å². The van der Waals surface area contributed by atoms with Crippen LogP contribution in [0.3, 0.4) is 0 Å². The summed E-state index contributed by atoms with van der Waals surface area (Å²) in [5.41, 5.74) is 1.73. The highest BCUT2D eigenvalue weighted by Gasteiger charge is 2.22. The molecule has 114 valence electrons. The minimum Gasteiger partial charge on any atom is -0.354 e. The number of rotatable bonds is 3. The molecule has 1 saturated heterocycles. The number of hydrogen-bond acceptors (Lipinski definition) is 4. The highest BCUT2D eigenvalue weighted by Crippen LogP contribution is 2.21. The summed E-state index contributed by atoms with van der Waals surface area (Å²) in [5.74, 6) is 0.695. The summed E-state index contributed by atoms with van der Waals surface area (Å²) in [4.78, 5) is 18.4. The maximum Gasteiger partial charge on any atom is 0.269 e. The van der Waals surface area contributed by atoms with Gasteiger partial charge in [-0.2, -0.15) is 0 Å². The van der Waals surface area contributed by atoms with Crippen LogP contribution in [0.5, 0.6) is 0 Å². The molecule has 1 aliphatic heterocycles. The number of carbonyl (C=O) groups is 1. The van der Waals surface area contributed by atoms with Gasteiger partial charge in [-0.15, -0.1) is 0 Å². The predicted octanol–water partition coefficient (Wildman–Crippen LogP) is 1.59. The topological polar surface area (TPSA) is 57.3 Å². The van der Waals surface area contributed by atoms with E-state index in [0.29, 0.717) is 5.69 Å². The molecule has 1 aromatic carbocycles. The quantitative estimate of drug-likeness (QED) is 0.903. The largest absolute Gasteiger partial charge is 0.354 e. The van der Waals surface area contributed by atoms with Gasteiger partial charge in [0, 0.05) is 32.7 Å². The predicted molar refractivity (Wildman–Crippen MR) is 87.0 cm³/mol. The summed E-state index contributed by atoms with van der Waals surface area (Å²) in [6, 6.07) is 16.3. The summed E-state index contributed by atoms with van der Waals surface area (Å²) in [7, 11) is 1.62. The lowest BCUT2D eigenvalue weighted by molar-refractivity contribution is 0.0958. The Morgan fingerprint density at radius 2 is 2.05 bits per heavy atom. The third-order valence-electron chi connectivity index (χ3n) is 3.90. The molecule has 0 aliphatic carbocycles. The minimum atomic E-state index is -0.156. The van der Waals surface area contributed by atoms with E-state index in [2.05, 4.69) is 44.8 Å². The lowest BCUT2D eigenvalue weighted by Gasteiger charge is -2.34. The molecular formula is C17H20N4O. The zero-order valence-corrected chi connectivity index (χ0v) is 12.6. The van der Waals surface area contributed by atoms with Crippen molar-refractivity contribution in [1.29, 1.82) is 0 Å². The Labute approximate surface area is 130 Å². The van der Waals surface area contributed by atoms with Gasteiger partial charge in [-0.3, -0.25) is 4.79 Å². The lowest BCUT2D eigenvalue weighted by atomic mass is 10.0. The van der Waals surface area contributed by atoms with Gasteiger partial charge in [0.25, 0.3) is 5.91 Å². The van der Waals surface area contributed by atoms with Gasteiger partial charge >= 0.3 is 0 Å². The van der Waals surface area contributed by atoms with E-state index in [1.165, 1.54) is 5.56 Å². The van der Waals surface area contributed by atoms with Gasteiger partial charge in [-0.25, -0.2) is 4.98 Å². The Bertz CT molecular complexity index is 644. The van der Waals surface area contributed by atoms with Crippen molar-refractivity contribution in [3.8, 4) is 0 Å². The average Bonchev–Trinajstić information content (AvgIpc) is 2.62. The van der Waals surface area contributed by atoms with E-state index < -0.39 is 0 Å². The third-order valence-corrected chi connectivity index (χ3v) is 3.90. The Balaban J connectivity index is 1.79. The molecule has 1 aromatic heterocycles. The van der Waals surface area contributed by atoms with Crippen molar-refractivity contribution in [1.82, 2.24) is 15.6 Å². The third kappa shape index (κ3) is 3.09. The van der Waals surface area contributed by atoms with Crippen LogP contribution >= 0.6 is 0 Å². The van der Waals surface area contributed by atoms with E-state index in [1.54, 1.807) is 13.1 Å². The highest BCUT2D eigenvalue weighted by atomic mass is 16.1. The van der Waals surface area contributed by atoms with Gasteiger partial charge in [-0.05, 0) is 17.7 Å². The Kier molecular flexibility index (Phi) is 4.34. The zero-order valence-electron chi connectivity index (χ0n) is 12.6. The van der Waals surface area contributed by atoms with Gasteiger partial charge in [0.05, 0.1) is 0 Å². The van der Waals surface area contributed by atoms with Gasteiger partial charge in [0.1, 0.15) is 11.5 Å². The van der Waals surface area contributed by atoms with Gasteiger partial charge in [-0.1, -0.05) is 36.4 Å². The van der Waals surface area contributed by atoms with Crippen LogP contribution in [0.15, 0.2) is 48.5 Å². The van der Waals surface area contributed by atoms with E-state index in [9.17, 15) is 4.79 Å². The standard InChI is InChI=1S/C17H20N4O/c1-18-17(22)14-8-5-9-16(20-14)21-11-10-19-15(12-21)13-6-3-2-4-7-13/h2-9,15,19H,10-12H2,1H3,(H,18,22)/t15-/m1/s1. The number of aromatic nitrogens is 1. The number of benzene rings is 1. The first-order chi connectivity index (χ1) is 10.8. The molecule has 3 rings (SSSR count). The smallest absolute Gasteiger partial charge is 0.269 e. The van der Waals surface area contributed by atoms with Crippen molar-refractivity contribution in [2.24, 2.45) is 0 Å². The molecule has 2 N–H and O–H groups in total. The number of hydrogen-bond donors (Lipinski definition) is 2. The van der Waals surface area contributed by atoms with Crippen LogP contribution in [-0.2, 0) is 0 Å². The van der Waals surface area contributed by atoms with E-state index >= 15 is 0 Å². The minimum absolute atomic E-state index is 0.156. The normalized spacial score (nSPS) is 18.0. The number of piperazine rings is 1. The summed E-state index contributed by atoms with van der Waals surface area (Å²) < 4.78 is 0. The van der Waals surface area contributed by atoms with Crippen LogP contribution in [0, 0.1) is 0 Å². The molecule has 1 atom stereocenters. The molecule has 0 spiro atoms. The molecule has 5 nitrogen and oxygen atoms in total. The van der Waals surface area contributed by atoms with Crippen LogP contribution < -0.4 is 15.5 Å². The number of carbonyl (C=O) groups excluding carboxylic acids is 1. The SMILES string of the molecule is CNC(=O)c1cccc(N2CCN[C@@H](c3ccccc3)C2)n1. The fourth-order valence-corrected chi connectivity index (χ4v) is 2.72. The van der Waals surface area contributed by atoms with E-state index in [4.69, 9.17) is 0 Å². The maximum atomic E-state index is 11.7. The average molecular weight is 296 g/mol. The number of pyridine rings is 1. The van der Waals surface area contributed by atoms with Crippen LogP contribution in [0.4, 0.5) is 5.82 Å². The monoisotopic (exact) mass is 296 g/mol. The molecule has 0 radical (unpaired) electrons. The first kappa shape index (κ1) is 14.5. The van der Waals surface area contributed by atoms with Crippen LogP contribution in [0.25, 0.3) is 0 Å². The number of nitrogens with zero attached hydrogens (tertiary/aromatic N) is 2. The maximum absolute atomic E-state index is 11.7. The molecule has 2 aromatic rings. The molecule has 2 heterocycles. The molecule has 0 unspecified atom stereocenters. The van der Waals surface area contributed by atoms with Crippen molar-refractivity contribution in [2.45, 2.75) is 6.04 Å². The number of nitrogens with one attached hydrogen (secondary N) is 2. The van der Waals surface area contributed by atoms with Crippen LogP contribution in [0.2, 0.25) is 0 Å². The van der Waals surface area contributed by atoms with Gasteiger partial charge in [0.2, 0.25) is 0 Å². The molecule has 1 aliphatic rings. The summed E-state index contributed by atoms with van der Waals surface area (Å²) in [6.07, 6.45) is 0. The molecule has 0 bridgehead atoms. The molecule has 0 saturated carbocycles. The summed E-state index contributed by atoms with van der Waals surface area (Å²) in [6.45, 7) is 2.62. The fourth-order valence-electron chi connectivity index (χ4n) is 2.72. The second kappa shape index (κ2) is 6.58. The first-order valence-electron chi connectivity index (χ1n) is 7.50. The second-order valence-electron chi connectivity index (χ2n) is 5.32. The van der Waals surface area contributed by atoms with Crippen molar-refractivity contribution < 1.29 is 4.79 Å². The van der Waals surface area contributed by atoms with Crippen molar-refractivity contribution in [3.63, 3.8) is 0 Å². The molecular weight excluding hydrogens is 276 g/mol. The lowest BCUT2D eigenvalue weighted by Crippen LogP contribution is -2.46. The molecule has 5 heteroatoms.